The third kappa shape index (κ3) is 5.38. The van der Waals surface area contributed by atoms with Crippen LogP contribution in [0.4, 0.5) is 0 Å². The zero-order valence-electron chi connectivity index (χ0n) is 3.92. The van der Waals surface area contributed by atoms with E-state index in [0.29, 0.717) is 0 Å². The van der Waals surface area contributed by atoms with Crippen molar-refractivity contribution in [1.82, 2.24) is 5.32 Å². The van der Waals surface area contributed by atoms with Gasteiger partial charge in [0.2, 0.25) is 10.0 Å². The van der Waals surface area contributed by atoms with E-state index in [4.69, 9.17) is 0 Å². The van der Waals surface area contributed by atoms with Gasteiger partial charge in [-0.25, -0.2) is 13.6 Å². The van der Waals surface area contributed by atoms with Crippen molar-refractivity contribution < 1.29 is 13.2 Å². The molecule has 47 valence electrons. The molecule has 0 atom stereocenters. The van der Waals surface area contributed by atoms with Gasteiger partial charge in [0.25, 0.3) is 0 Å². The average Bonchev–Trinajstić information content (AvgIpc) is 1.59. The van der Waals surface area contributed by atoms with Gasteiger partial charge in [-0.15, -0.1) is 0 Å². The molecule has 0 aliphatic rings. The largest absolute Gasteiger partial charge is 0.333 e. The van der Waals surface area contributed by atoms with Gasteiger partial charge >= 0.3 is 6.41 Å². The molecule has 0 unspecified atom stereocenters. The number of rotatable bonds is 3. The molecule has 0 aromatic rings. The third-order valence-electron chi connectivity index (χ3n) is 0.346. The number of carbonyl (C=O) groups excluding carboxylic acids is 1. The summed E-state index contributed by atoms with van der Waals surface area (Å²) in [6, 6.07) is 0. The van der Waals surface area contributed by atoms with Crippen LogP contribution in [0.1, 0.15) is 0 Å². The van der Waals surface area contributed by atoms with Gasteiger partial charge in [0.05, 0.1) is 0 Å². The highest BCUT2D eigenvalue weighted by molar-refractivity contribution is 7.89. The van der Waals surface area contributed by atoms with Crippen LogP contribution in [-0.4, -0.2) is 20.7 Å². The molecule has 0 rings (SSSR count). The Labute approximate surface area is 46.9 Å². The first-order valence-electron chi connectivity index (χ1n) is 1.67. The van der Waals surface area contributed by atoms with Gasteiger partial charge in [-0.1, -0.05) is 0 Å². The van der Waals surface area contributed by atoms with Gasteiger partial charge < -0.3 is 5.32 Å². The summed E-state index contributed by atoms with van der Waals surface area (Å²) in [5, 5.41) is 6.22. The van der Waals surface area contributed by atoms with Crippen LogP contribution in [0.5, 0.6) is 0 Å². The van der Waals surface area contributed by atoms with E-state index < -0.39 is 15.9 Å². The number of nitrogens with two attached hydrogens (primary N) is 1. The third-order valence-corrected chi connectivity index (χ3v) is 0.892. The van der Waals surface area contributed by atoms with Crippen molar-refractivity contribution in [2.75, 3.05) is 5.88 Å². The number of sulfonamides is 1. The smallest absolute Gasteiger partial charge is 0.310 e. The maximum atomic E-state index is 9.93. The molecule has 0 heterocycles. The monoisotopic (exact) mass is 137 g/mol. The topological polar surface area (TPSA) is 89.3 Å². The quantitative estimate of drug-likeness (QED) is 0.436. The zero-order chi connectivity index (χ0) is 6.62. The molecule has 0 aromatic heterocycles. The zero-order valence-corrected chi connectivity index (χ0v) is 4.73. The Balaban J connectivity index is 3.57. The lowest BCUT2D eigenvalue weighted by Gasteiger charge is -1.90. The van der Waals surface area contributed by atoms with E-state index in [1.165, 1.54) is 6.41 Å². The molecular weight excluding hydrogens is 132 g/mol. The van der Waals surface area contributed by atoms with Gasteiger partial charge in [0, 0.05) is 0 Å². The highest BCUT2D eigenvalue weighted by Gasteiger charge is 1.97. The Kier molecular flexibility index (Phi) is 2.43. The second kappa shape index (κ2) is 2.63. The predicted molar refractivity (Wildman–Crippen MR) is 26.8 cm³/mol. The van der Waals surface area contributed by atoms with Crippen molar-refractivity contribution >= 4 is 16.4 Å². The van der Waals surface area contributed by atoms with Gasteiger partial charge in [-0.2, -0.15) is 0 Å². The molecule has 6 heteroatoms. The Morgan fingerprint density at radius 1 is 1.62 bits per heavy atom. The summed E-state index contributed by atoms with van der Waals surface area (Å²) < 4.78 is 19.9. The minimum absolute atomic E-state index is 0.559. The summed E-state index contributed by atoms with van der Waals surface area (Å²) in [5.74, 6) is -0.559. The maximum Gasteiger partial charge on any atom is 0.310 e. The van der Waals surface area contributed by atoms with Crippen LogP contribution < -0.4 is 10.5 Å². The van der Waals surface area contributed by atoms with E-state index >= 15 is 0 Å². The molecule has 0 saturated heterocycles. The van der Waals surface area contributed by atoms with Crippen molar-refractivity contribution in [3.05, 3.63) is 0 Å². The van der Waals surface area contributed by atoms with Gasteiger partial charge in [0.1, 0.15) is 5.88 Å². The van der Waals surface area contributed by atoms with Crippen LogP contribution in [-0.2, 0) is 14.8 Å². The van der Waals surface area contributed by atoms with Crippen molar-refractivity contribution in [2.45, 2.75) is 0 Å². The van der Waals surface area contributed by atoms with Crippen molar-refractivity contribution in [3.8, 4) is 0 Å². The highest BCUT2D eigenvalue weighted by Crippen LogP contribution is 1.66. The predicted octanol–water partition coefficient (Wildman–Crippen LogP) is -2.11. The summed E-state index contributed by atoms with van der Waals surface area (Å²) in [5.41, 5.74) is 0. The average molecular weight is 137 g/mol. The molecule has 0 aliphatic heterocycles. The van der Waals surface area contributed by atoms with E-state index in [2.05, 4.69) is 5.14 Å². The van der Waals surface area contributed by atoms with Gasteiger partial charge in [0.15, 0.2) is 0 Å². The number of hydrogen-bond acceptors (Lipinski definition) is 3. The van der Waals surface area contributed by atoms with Crippen molar-refractivity contribution in [2.24, 2.45) is 5.14 Å². The van der Waals surface area contributed by atoms with Crippen LogP contribution in [0.25, 0.3) is 0 Å². The summed E-state index contributed by atoms with van der Waals surface area (Å²) in [6.07, 6.45) is 1.17. The number of primary sulfonamides is 1. The molecule has 0 aromatic carbocycles. The maximum absolute atomic E-state index is 9.93. The number of amides is 1. The lowest BCUT2D eigenvalue weighted by atomic mass is 11.2. The molecule has 1 amide bonds. The summed E-state index contributed by atoms with van der Waals surface area (Å²) in [4.78, 5) is 9.30. The molecular formula is C2H5N2O3S. The van der Waals surface area contributed by atoms with Crippen molar-refractivity contribution in [3.63, 3.8) is 0 Å². The van der Waals surface area contributed by atoms with Crippen LogP contribution in [0.15, 0.2) is 0 Å². The van der Waals surface area contributed by atoms with E-state index in [1.807, 2.05) is 0 Å². The normalized spacial score (nSPS) is 10.6. The standard InChI is InChI=1S/C2H5N2O3S/c3-8(6,7)2-4-1-5/h2H2,(H,4,5)(H2,3,6,7). The Morgan fingerprint density at radius 2 is 2.12 bits per heavy atom. The van der Waals surface area contributed by atoms with Crippen LogP contribution in [0.2, 0.25) is 0 Å². The molecule has 5 nitrogen and oxygen atoms in total. The summed E-state index contributed by atoms with van der Waals surface area (Å²) in [7, 11) is -3.56. The van der Waals surface area contributed by atoms with Gasteiger partial charge in [-0.05, 0) is 0 Å². The molecule has 3 N–H and O–H groups in total. The second-order valence-corrected chi connectivity index (χ2v) is 2.70. The summed E-state index contributed by atoms with van der Waals surface area (Å²) in [6.45, 7) is 0. The minimum Gasteiger partial charge on any atom is -0.333 e. The van der Waals surface area contributed by atoms with Crippen molar-refractivity contribution in [1.29, 1.82) is 0 Å². The minimum atomic E-state index is -3.56. The Bertz CT molecular complexity index is 160. The first-order chi connectivity index (χ1) is 3.56. The van der Waals surface area contributed by atoms with E-state index in [-0.39, 0.29) is 0 Å². The number of hydrogen-bond donors (Lipinski definition) is 2. The Morgan fingerprint density at radius 3 is 2.25 bits per heavy atom. The first-order valence-corrected chi connectivity index (χ1v) is 3.38. The molecule has 1 radical (unpaired) electrons. The van der Waals surface area contributed by atoms with Crippen LogP contribution in [0.3, 0.4) is 0 Å². The van der Waals surface area contributed by atoms with E-state index in [1.54, 1.807) is 5.32 Å². The lowest BCUT2D eigenvalue weighted by molar-refractivity contribution is 0.543. The number of nitrogens with one attached hydrogen (secondary N) is 1. The molecule has 8 heavy (non-hydrogen) atoms. The Hall–Kier alpha value is -0.620. The second-order valence-electron chi connectivity index (χ2n) is 1.09. The SMILES string of the molecule is NS(=O)(=O)CN[C]=O. The van der Waals surface area contributed by atoms with E-state index in [0.717, 1.165) is 0 Å². The summed E-state index contributed by atoms with van der Waals surface area (Å²) >= 11 is 0. The molecule has 0 saturated carbocycles. The molecule has 0 fully saturated rings. The molecule has 0 bridgehead atoms. The highest BCUT2D eigenvalue weighted by atomic mass is 32.2. The van der Waals surface area contributed by atoms with Crippen LogP contribution in [0, 0.1) is 0 Å². The van der Waals surface area contributed by atoms with Crippen LogP contribution >= 0.6 is 0 Å². The fraction of sp³-hybridized carbons (Fsp3) is 0.500. The van der Waals surface area contributed by atoms with E-state index in [9.17, 15) is 13.2 Å². The van der Waals surface area contributed by atoms with Gasteiger partial charge in [-0.3, -0.25) is 4.79 Å². The fourth-order valence-electron chi connectivity index (χ4n) is 0.130. The fourth-order valence-corrected chi connectivity index (χ4v) is 0.390. The molecule has 0 aliphatic carbocycles. The first kappa shape index (κ1) is 7.38. The molecule has 0 spiro atoms. The lowest BCUT2D eigenvalue weighted by Crippen LogP contribution is -2.27.